The molecule has 66 valence electrons. The molecule has 1 heterocycles. The van der Waals surface area contributed by atoms with Gasteiger partial charge in [-0.25, -0.2) is 4.98 Å². The van der Waals surface area contributed by atoms with Crippen LogP contribution in [0, 0.1) is 0 Å². The third-order valence-corrected chi connectivity index (χ3v) is 1.55. The van der Waals surface area contributed by atoms with Crippen molar-refractivity contribution in [1.82, 2.24) is 9.55 Å². The molecule has 0 N–H and O–H groups in total. The summed E-state index contributed by atoms with van der Waals surface area (Å²) in [4.78, 5) is 14.1. The van der Waals surface area contributed by atoms with Crippen LogP contribution in [-0.4, -0.2) is 16.0 Å². The fourth-order valence-corrected chi connectivity index (χ4v) is 1.04. The van der Waals surface area contributed by atoms with Crippen LogP contribution in [0.2, 0.25) is 0 Å². The van der Waals surface area contributed by atoms with Crippen molar-refractivity contribution in [2.24, 2.45) is 0 Å². The summed E-state index contributed by atoms with van der Waals surface area (Å²) in [6, 6.07) is 0. The summed E-state index contributed by atoms with van der Waals surface area (Å²) < 4.78 is 6.42. The number of hydrogen-bond donors (Lipinski definition) is 0. The number of imidazole rings is 1. The van der Waals surface area contributed by atoms with E-state index in [1.807, 2.05) is 13.8 Å². The van der Waals surface area contributed by atoms with Crippen molar-refractivity contribution in [3.63, 3.8) is 0 Å². The maximum absolute atomic E-state index is 9.93. The third kappa shape index (κ3) is 1.84. The van der Waals surface area contributed by atoms with Gasteiger partial charge in [-0.1, -0.05) is 13.8 Å². The predicted molar refractivity (Wildman–Crippen MR) is 43.5 cm³/mol. The zero-order valence-corrected chi connectivity index (χ0v) is 7.23. The van der Waals surface area contributed by atoms with Gasteiger partial charge >= 0.3 is 0 Å². The quantitative estimate of drug-likeness (QED) is 0.633. The second-order valence-corrected chi connectivity index (χ2v) is 2.80. The fraction of sp³-hybridized carbons (Fsp3) is 0.500. The summed E-state index contributed by atoms with van der Waals surface area (Å²) in [5, 5.41) is 0. The van der Waals surface area contributed by atoms with E-state index in [0.717, 1.165) is 5.82 Å². The van der Waals surface area contributed by atoms with Gasteiger partial charge in [-0.05, 0) is 0 Å². The molecule has 0 spiro atoms. The molecule has 4 heteroatoms. The highest BCUT2D eigenvalue weighted by Gasteiger charge is 2.05. The van der Waals surface area contributed by atoms with Crippen molar-refractivity contribution >= 4 is 6.47 Å². The van der Waals surface area contributed by atoms with Crippen molar-refractivity contribution in [2.45, 2.75) is 26.5 Å². The molecule has 0 fully saturated rings. The van der Waals surface area contributed by atoms with Crippen LogP contribution >= 0.6 is 0 Å². The molecular formula is C8H12N2O2. The highest BCUT2D eigenvalue weighted by Crippen LogP contribution is 2.10. The van der Waals surface area contributed by atoms with E-state index in [1.165, 1.54) is 0 Å². The van der Waals surface area contributed by atoms with E-state index in [9.17, 15) is 4.79 Å². The van der Waals surface area contributed by atoms with Crippen LogP contribution in [0.5, 0.6) is 0 Å². The third-order valence-electron chi connectivity index (χ3n) is 1.55. The maximum Gasteiger partial charge on any atom is 0.294 e. The van der Waals surface area contributed by atoms with Gasteiger partial charge in [0.25, 0.3) is 6.47 Å². The van der Waals surface area contributed by atoms with Gasteiger partial charge in [0.2, 0.25) is 0 Å². The first-order valence-electron chi connectivity index (χ1n) is 3.82. The van der Waals surface area contributed by atoms with Crippen molar-refractivity contribution in [3.05, 3.63) is 18.2 Å². The van der Waals surface area contributed by atoms with Crippen LogP contribution in [0.4, 0.5) is 0 Å². The van der Waals surface area contributed by atoms with Crippen molar-refractivity contribution in [3.8, 4) is 0 Å². The van der Waals surface area contributed by atoms with Crippen LogP contribution in [0.1, 0.15) is 25.6 Å². The monoisotopic (exact) mass is 168 g/mol. The van der Waals surface area contributed by atoms with Crippen LogP contribution in [0.15, 0.2) is 12.4 Å². The average Bonchev–Trinajstić information content (AvgIpc) is 2.48. The Bertz CT molecular complexity index is 255. The largest absolute Gasteiger partial charge is 0.446 e. The molecular weight excluding hydrogens is 156 g/mol. The molecule has 0 bridgehead atoms. The molecule has 12 heavy (non-hydrogen) atoms. The lowest BCUT2D eigenvalue weighted by Gasteiger charge is -2.07. The van der Waals surface area contributed by atoms with E-state index in [0.29, 0.717) is 12.4 Å². The van der Waals surface area contributed by atoms with Crippen LogP contribution in [-0.2, 0) is 16.3 Å². The standard InChI is InChI=1S/C8H12N2O2/c1-7(2)8-9-3-4-10(8)5-12-6-11/h3-4,6-7H,5H2,1-2H3. The Kier molecular flexibility index (Phi) is 2.85. The highest BCUT2D eigenvalue weighted by atomic mass is 16.5. The molecule has 4 nitrogen and oxygen atoms in total. The van der Waals surface area contributed by atoms with Crippen LogP contribution in [0.25, 0.3) is 0 Å². The van der Waals surface area contributed by atoms with Crippen molar-refractivity contribution in [1.29, 1.82) is 0 Å². The van der Waals surface area contributed by atoms with Gasteiger partial charge in [0, 0.05) is 18.3 Å². The summed E-state index contributed by atoms with van der Waals surface area (Å²) in [6.07, 6.45) is 3.49. The molecule has 0 aliphatic heterocycles. The Hall–Kier alpha value is -1.32. The lowest BCUT2D eigenvalue weighted by Crippen LogP contribution is -2.06. The number of carbonyl (C=O) groups is 1. The van der Waals surface area contributed by atoms with E-state index in [-0.39, 0.29) is 6.73 Å². The smallest absolute Gasteiger partial charge is 0.294 e. The Labute approximate surface area is 71.2 Å². The Morgan fingerprint density at radius 1 is 1.75 bits per heavy atom. The molecule has 1 aromatic rings. The minimum absolute atomic E-state index is 0.247. The molecule has 0 aliphatic carbocycles. The van der Waals surface area contributed by atoms with E-state index >= 15 is 0 Å². The normalized spacial score (nSPS) is 10.2. The van der Waals surface area contributed by atoms with E-state index < -0.39 is 0 Å². The molecule has 0 radical (unpaired) electrons. The first kappa shape index (κ1) is 8.77. The van der Waals surface area contributed by atoms with Crippen molar-refractivity contribution < 1.29 is 9.53 Å². The molecule has 0 saturated carbocycles. The summed E-state index contributed by atoms with van der Waals surface area (Å²) in [6.45, 7) is 4.76. The second kappa shape index (κ2) is 3.90. The fourth-order valence-electron chi connectivity index (χ4n) is 1.04. The van der Waals surface area contributed by atoms with Crippen LogP contribution in [0.3, 0.4) is 0 Å². The van der Waals surface area contributed by atoms with Gasteiger partial charge in [-0.15, -0.1) is 0 Å². The Morgan fingerprint density at radius 2 is 2.50 bits per heavy atom. The van der Waals surface area contributed by atoms with Crippen LogP contribution < -0.4 is 0 Å². The average molecular weight is 168 g/mol. The predicted octanol–water partition coefficient (Wildman–Crippen LogP) is 1.14. The summed E-state index contributed by atoms with van der Waals surface area (Å²) >= 11 is 0. The zero-order chi connectivity index (χ0) is 8.97. The van der Waals surface area contributed by atoms with Gasteiger partial charge in [-0.3, -0.25) is 4.79 Å². The lowest BCUT2D eigenvalue weighted by molar-refractivity contribution is -0.132. The molecule has 0 saturated heterocycles. The van der Waals surface area contributed by atoms with E-state index in [1.54, 1.807) is 17.0 Å². The van der Waals surface area contributed by atoms with Gasteiger partial charge < -0.3 is 9.30 Å². The lowest BCUT2D eigenvalue weighted by atomic mass is 10.2. The Balaban J connectivity index is 2.70. The van der Waals surface area contributed by atoms with Gasteiger partial charge in [0.05, 0.1) is 0 Å². The molecule has 0 atom stereocenters. The SMILES string of the molecule is CC(C)c1nccn1COC=O. The number of rotatable bonds is 4. The topological polar surface area (TPSA) is 44.1 Å². The molecule has 0 amide bonds. The minimum atomic E-state index is 0.247. The maximum atomic E-state index is 9.93. The number of nitrogens with zero attached hydrogens (tertiary/aromatic N) is 2. The minimum Gasteiger partial charge on any atom is -0.446 e. The number of carbonyl (C=O) groups excluding carboxylic acids is 1. The highest BCUT2D eigenvalue weighted by molar-refractivity contribution is 5.36. The van der Waals surface area contributed by atoms with Gasteiger partial charge in [0.1, 0.15) is 5.82 Å². The summed E-state index contributed by atoms with van der Waals surface area (Å²) in [5.74, 6) is 1.27. The molecule has 1 rings (SSSR count). The summed E-state index contributed by atoms with van der Waals surface area (Å²) in [5.41, 5.74) is 0. The van der Waals surface area contributed by atoms with Gasteiger partial charge in [-0.2, -0.15) is 0 Å². The van der Waals surface area contributed by atoms with Crippen molar-refractivity contribution in [2.75, 3.05) is 0 Å². The summed E-state index contributed by atoms with van der Waals surface area (Å²) in [7, 11) is 0. The van der Waals surface area contributed by atoms with Gasteiger partial charge in [0.15, 0.2) is 6.73 Å². The molecule has 0 unspecified atom stereocenters. The zero-order valence-electron chi connectivity index (χ0n) is 7.23. The molecule has 0 aliphatic rings. The first-order chi connectivity index (χ1) is 5.75. The Morgan fingerprint density at radius 3 is 3.08 bits per heavy atom. The van der Waals surface area contributed by atoms with E-state index in [4.69, 9.17) is 0 Å². The van der Waals surface area contributed by atoms with E-state index in [2.05, 4.69) is 9.72 Å². The number of ether oxygens (including phenoxy) is 1. The molecule has 0 aromatic carbocycles. The number of aromatic nitrogens is 2. The number of hydrogen-bond acceptors (Lipinski definition) is 3. The second-order valence-electron chi connectivity index (χ2n) is 2.80. The molecule has 1 aromatic heterocycles. The first-order valence-corrected chi connectivity index (χ1v) is 3.82.